The smallest absolute Gasteiger partial charge is 0.293 e. The number of halogens is 1. The SMILES string of the molecule is C[C@H](Nc1ccc(S(N)(=O)=O)cc1[N+](=O)[O-])c1ccc(Br)cc1. The van der Waals surface area contributed by atoms with Crippen molar-refractivity contribution >= 4 is 37.3 Å². The van der Waals surface area contributed by atoms with E-state index in [4.69, 9.17) is 5.14 Å². The summed E-state index contributed by atoms with van der Waals surface area (Å²) in [5, 5.41) is 19.2. The molecule has 7 nitrogen and oxygen atoms in total. The summed E-state index contributed by atoms with van der Waals surface area (Å²) in [5.41, 5.74) is 0.802. The third-order valence-corrected chi connectivity index (χ3v) is 4.68. The van der Waals surface area contributed by atoms with Gasteiger partial charge in [-0.25, -0.2) is 13.6 Å². The molecule has 0 saturated heterocycles. The Morgan fingerprint density at radius 3 is 2.35 bits per heavy atom. The second kappa shape index (κ2) is 6.65. The lowest BCUT2D eigenvalue weighted by Gasteiger charge is -2.16. The number of sulfonamides is 1. The molecule has 0 aliphatic heterocycles. The normalized spacial score (nSPS) is 12.7. The van der Waals surface area contributed by atoms with Crippen LogP contribution in [0.3, 0.4) is 0 Å². The zero-order chi connectivity index (χ0) is 17.2. The molecule has 0 aliphatic rings. The summed E-state index contributed by atoms with van der Waals surface area (Å²) in [6.07, 6.45) is 0. The average Bonchev–Trinajstić information content (AvgIpc) is 2.46. The van der Waals surface area contributed by atoms with Crippen LogP contribution < -0.4 is 10.5 Å². The molecule has 0 radical (unpaired) electrons. The van der Waals surface area contributed by atoms with Gasteiger partial charge in [-0.05, 0) is 36.8 Å². The first kappa shape index (κ1) is 17.4. The maximum absolute atomic E-state index is 11.3. The summed E-state index contributed by atoms with van der Waals surface area (Å²) in [7, 11) is -4.00. The van der Waals surface area contributed by atoms with E-state index < -0.39 is 14.9 Å². The maximum Gasteiger partial charge on any atom is 0.293 e. The Balaban J connectivity index is 2.35. The first-order chi connectivity index (χ1) is 10.7. The van der Waals surface area contributed by atoms with E-state index in [1.165, 1.54) is 12.1 Å². The number of nitrogens with one attached hydrogen (secondary N) is 1. The number of nitrogens with zero attached hydrogens (tertiary/aromatic N) is 1. The van der Waals surface area contributed by atoms with Crippen LogP contribution in [0.1, 0.15) is 18.5 Å². The Hall–Kier alpha value is -1.97. The number of nitrogens with two attached hydrogens (primary N) is 1. The van der Waals surface area contributed by atoms with Crippen LogP contribution in [-0.2, 0) is 10.0 Å². The van der Waals surface area contributed by atoms with Crippen molar-refractivity contribution < 1.29 is 13.3 Å². The van der Waals surface area contributed by atoms with E-state index in [-0.39, 0.29) is 22.3 Å². The Morgan fingerprint density at radius 1 is 1.22 bits per heavy atom. The fraction of sp³-hybridized carbons (Fsp3) is 0.143. The molecular formula is C14H14BrN3O4S. The van der Waals surface area contributed by atoms with Crippen molar-refractivity contribution in [2.75, 3.05) is 5.32 Å². The molecule has 0 bridgehead atoms. The molecule has 0 fully saturated rings. The van der Waals surface area contributed by atoms with E-state index in [0.717, 1.165) is 16.1 Å². The summed E-state index contributed by atoms with van der Waals surface area (Å²) in [6, 6.07) is 10.8. The lowest BCUT2D eigenvalue weighted by molar-refractivity contribution is -0.384. The molecule has 2 rings (SSSR count). The molecular weight excluding hydrogens is 386 g/mol. The number of benzene rings is 2. The highest BCUT2D eigenvalue weighted by Crippen LogP contribution is 2.30. The third kappa shape index (κ3) is 4.27. The molecule has 3 N–H and O–H groups in total. The van der Waals surface area contributed by atoms with Gasteiger partial charge in [-0.3, -0.25) is 10.1 Å². The largest absolute Gasteiger partial charge is 0.373 e. The van der Waals surface area contributed by atoms with Gasteiger partial charge in [0.2, 0.25) is 10.0 Å². The molecule has 23 heavy (non-hydrogen) atoms. The molecule has 0 heterocycles. The van der Waals surface area contributed by atoms with Gasteiger partial charge in [0.25, 0.3) is 5.69 Å². The highest BCUT2D eigenvalue weighted by Gasteiger charge is 2.20. The first-order valence-corrected chi connectivity index (χ1v) is 8.85. The van der Waals surface area contributed by atoms with Crippen LogP contribution in [0, 0.1) is 10.1 Å². The van der Waals surface area contributed by atoms with Crippen LogP contribution in [0.25, 0.3) is 0 Å². The predicted molar refractivity (Wildman–Crippen MR) is 90.6 cm³/mol. The van der Waals surface area contributed by atoms with Gasteiger partial charge in [0.05, 0.1) is 9.82 Å². The Morgan fingerprint density at radius 2 is 1.83 bits per heavy atom. The van der Waals surface area contributed by atoms with Crippen LogP contribution in [0.4, 0.5) is 11.4 Å². The van der Waals surface area contributed by atoms with Crippen molar-refractivity contribution in [1.82, 2.24) is 0 Å². The second-order valence-electron chi connectivity index (χ2n) is 4.90. The van der Waals surface area contributed by atoms with Crippen LogP contribution in [0.5, 0.6) is 0 Å². The molecule has 0 unspecified atom stereocenters. The molecule has 0 amide bonds. The number of hydrogen-bond donors (Lipinski definition) is 2. The van der Waals surface area contributed by atoms with E-state index >= 15 is 0 Å². The van der Waals surface area contributed by atoms with Crippen LogP contribution in [0.2, 0.25) is 0 Å². The average molecular weight is 400 g/mol. The topological polar surface area (TPSA) is 115 Å². The Bertz CT molecular complexity index is 838. The lowest BCUT2D eigenvalue weighted by atomic mass is 10.1. The van der Waals surface area contributed by atoms with Crippen molar-refractivity contribution in [2.45, 2.75) is 17.9 Å². The Kier molecular flexibility index (Phi) is 5.03. The van der Waals surface area contributed by atoms with E-state index in [1.807, 2.05) is 31.2 Å². The van der Waals surface area contributed by atoms with Gasteiger partial charge in [0, 0.05) is 16.6 Å². The zero-order valence-corrected chi connectivity index (χ0v) is 14.5. The lowest BCUT2D eigenvalue weighted by Crippen LogP contribution is -2.13. The third-order valence-electron chi connectivity index (χ3n) is 3.24. The van der Waals surface area contributed by atoms with Crippen LogP contribution >= 0.6 is 15.9 Å². The minimum Gasteiger partial charge on any atom is -0.373 e. The van der Waals surface area contributed by atoms with Crippen LogP contribution in [0.15, 0.2) is 51.8 Å². The monoisotopic (exact) mass is 399 g/mol. The van der Waals surface area contributed by atoms with Crippen molar-refractivity contribution in [3.8, 4) is 0 Å². The second-order valence-corrected chi connectivity index (χ2v) is 7.38. The fourth-order valence-electron chi connectivity index (χ4n) is 2.03. The molecule has 0 aliphatic carbocycles. The maximum atomic E-state index is 11.3. The molecule has 2 aromatic rings. The fourth-order valence-corrected chi connectivity index (χ4v) is 2.83. The number of anilines is 1. The molecule has 0 aromatic heterocycles. The zero-order valence-electron chi connectivity index (χ0n) is 12.1. The summed E-state index contributed by atoms with van der Waals surface area (Å²) in [5.74, 6) is 0. The summed E-state index contributed by atoms with van der Waals surface area (Å²) in [4.78, 5) is 10.2. The summed E-state index contributed by atoms with van der Waals surface area (Å²) >= 11 is 3.34. The quantitative estimate of drug-likeness (QED) is 0.591. The van der Waals surface area contributed by atoms with Crippen molar-refractivity contribution in [3.05, 3.63) is 62.6 Å². The Labute approximate surface area is 141 Å². The van der Waals surface area contributed by atoms with Gasteiger partial charge in [-0.2, -0.15) is 0 Å². The van der Waals surface area contributed by atoms with Crippen molar-refractivity contribution in [1.29, 1.82) is 0 Å². The standard InChI is InChI=1S/C14H14BrN3O4S/c1-9(10-2-4-11(15)5-3-10)17-13-7-6-12(23(16,21)22)8-14(13)18(19)20/h2-9,17H,1H3,(H2,16,21,22)/t9-/m0/s1. The number of rotatable bonds is 5. The van der Waals surface area contributed by atoms with Gasteiger partial charge >= 0.3 is 0 Å². The molecule has 2 aromatic carbocycles. The van der Waals surface area contributed by atoms with Gasteiger partial charge in [0.1, 0.15) is 5.69 Å². The van der Waals surface area contributed by atoms with Crippen LogP contribution in [-0.4, -0.2) is 13.3 Å². The van der Waals surface area contributed by atoms with Gasteiger partial charge < -0.3 is 5.32 Å². The number of primary sulfonamides is 1. The van der Waals surface area contributed by atoms with E-state index in [0.29, 0.717) is 0 Å². The minimum absolute atomic E-state index is 0.206. The number of nitro groups is 1. The van der Waals surface area contributed by atoms with E-state index in [9.17, 15) is 18.5 Å². The number of nitro benzene ring substituents is 1. The first-order valence-electron chi connectivity index (χ1n) is 6.51. The predicted octanol–water partition coefficient (Wildman–Crippen LogP) is 3.18. The highest BCUT2D eigenvalue weighted by atomic mass is 79.9. The molecule has 9 heteroatoms. The van der Waals surface area contributed by atoms with Crippen molar-refractivity contribution in [2.24, 2.45) is 5.14 Å². The van der Waals surface area contributed by atoms with Gasteiger partial charge in [0.15, 0.2) is 0 Å². The minimum atomic E-state index is -4.00. The summed E-state index contributed by atoms with van der Waals surface area (Å²) < 4.78 is 23.6. The van der Waals surface area contributed by atoms with Gasteiger partial charge in [-0.15, -0.1) is 0 Å². The van der Waals surface area contributed by atoms with E-state index in [1.54, 1.807) is 0 Å². The highest BCUT2D eigenvalue weighted by molar-refractivity contribution is 9.10. The molecule has 0 saturated carbocycles. The molecule has 122 valence electrons. The summed E-state index contributed by atoms with van der Waals surface area (Å²) in [6.45, 7) is 1.85. The van der Waals surface area contributed by atoms with Gasteiger partial charge in [-0.1, -0.05) is 28.1 Å². The molecule has 0 spiro atoms. The van der Waals surface area contributed by atoms with E-state index in [2.05, 4.69) is 21.2 Å². The molecule has 1 atom stereocenters. The van der Waals surface area contributed by atoms with Crippen molar-refractivity contribution in [3.63, 3.8) is 0 Å². The number of hydrogen-bond acceptors (Lipinski definition) is 5.